The van der Waals surface area contributed by atoms with Gasteiger partial charge in [0.2, 0.25) is 0 Å². The van der Waals surface area contributed by atoms with Crippen molar-refractivity contribution < 1.29 is 0 Å². The maximum Gasteiger partial charge on any atom is 0.142 e. The number of aromatic amines is 1. The van der Waals surface area contributed by atoms with Crippen LogP contribution in [0.15, 0.2) is 18.6 Å². The Labute approximate surface area is 156 Å². The van der Waals surface area contributed by atoms with Crippen molar-refractivity contribution in [2.24, 2.45) is 11.8 Å². The Morgan fingerprint density at radius 3 is 2.88 bits per heavy atom. The van der Waals surface area contributed by atoms with Crippen molar-refractivity contribution in [1.29, 1.82) is 0 Å². The Hall–Kier alpha value is -1.66. The zero-order valence-corrected chi connectivity index (χ0v) is 16.1. The number of anilines is 1. The van der Waals surface area contributed by atoms with Crippen molar-refractivity contribution in [3.8, 4) is 0 Å². The summed E-state index contributed by atoms with van der Waals surface area (Å²) in [5.41, 5.74) is 4.64. The van der Waals surface area contributed by atoms with Crippen LogP contribution in [-0.2, 0) is 0 Å². The number of nitrogens with zero attached hydrogens (tertiary/aromatic N) is 4. The highest BCUT2D eigenvalue weighted by Gasteiger charge is 2.26. The van der Waals surface area contributed by atoms with Gasteiger partial charge in [0, 0.05) is 38.9 Å². The quantitative estimate of drug-likeness (QED) is 0.862. The summed E-state index contributed by atoms with van der Waals surface area (Å²) < 4.78 is 0. The second-order valence-corrected chi connectivity index (χ2v) is 8.28. The Morgan fingerprint density at radius 2 is 2.08 bits per heavy atom. The van der Waals surface area contributed by atoms with E-state index in [4.69, 9.17) is 0 Å². The van der Waals surface area contributed by atoms with Crippen LogP contribution in [0.2, 0.25) is 0 Å². The number of fused-ring (bicyclic) bond motifs is 1. The van der Waals surface area contributed by atoms with Crippen LogP contribution in [0.5, 0.6) is 0 Å². The summed E-state index contributed by atoms with van der Waals surface area (Å²) in [6.07, 6.45) is 11.4. The molecule has 6 nitrogen and oxygen atoms in total. The summed E-state index contributed by atoms with van der Waals surface area (Å²) in [5, 5.41) is 3.58. The maximum atomic E-state index is 4.55. The predicted octanol–water partition coefficient (Wildman–Crippen LogP) is 3.19. The summed E-state index contributed by atoms with van der Waals surface area (Å²) in [4.78, 5) is 14.4. The highest BCUT2D eigenvalue weighted by molar-refractivity contribution is 5.87. The topological polar surface area (TPSA) is 60.1 Å². The summed E-state index contributed by atoms with van der Waals surface area (Å²) in [5.74, 6) is 2.69. The minimum absolute atomic E-state index is 0.578. The third-order valence-electron chi connectivity index (χ3n) is 6.29. The molecule has 3 heterocycles. The van der Waals surface area contributed by atoms with Gasteiger partial charge in [0.1, 0.15) is 17.8 Å². The van der Waals surface area contributed by atoms with Gasteiger partial charge in [-0.1, -0.05) is 6.92 Å². The molecule has 2 fully saturated rings. The van der Waals surface area contributed by atoms with Gasteiger partial charge in [-0.2, -0.15) is 0 Å². The lowest BCUT2D eigenvalue weighted by molar-refractivity contribution is 0.107. The summed E-state index contributed by atoms with van der Waals surface area (Å²) in [6, 6.07) is 2.66. The Morgan fingerprint density at radius 1 is 1.23 bits per heavy atom. The molecule has 0 spiro atoms. The minimum Gasteiger partial charge on any atom is -0.356 e. The van der Waals surface area contributed by atoms with Gasteiger partial charge in [-0.25, -0.2) is 15.0 Å². The molecule has 142 valence electrons. The largest absolute Gasteiger partial charge is 0.356 e. The molecule has 2 aromatic rings. The molecular weight excluding hydrogens is 324 g/mol. The van der Waals surface area contributed by atoms with Crippen LogP contribution in [-0.4, -0.2) is 52.7 Å². The molecule has 2 N–H and O–H groups in total. The second kappa shape index (κ2) is 7.92. The summed E-state index contributed by atoms with van der Waals surface area (Å²) >= 11 is 0. The van der Waals surface area contributed by atoms with Crippen LogP contribution in [0.3, 0.4) is 0 Å². The van der Waals surface area contributed by atoms with E-state index in [1.165, 1.54) is 51.6 Å². The summed E-state index contributed by atoms with van der Waals surface area (Å²) in [7, 11) is 2.19. The molecule has 0 bridgehead atoms. The van der Waals surface area contributed by atoms with E-state index in [0.29, 0.717) is 6.04 Å². The van der Waals surface area contributed by atoms with Gasteiger partial charge < -0.3 is 9.88 Å². The highest BCUT2D eigenvalue weighted by atomic mass is 15.5. The van der Waals surface area contributed by atoms with Crippen molar-refractivity contribution in [1.82, 2.24) is 25.4 Å². The SMILES string of the molecule is C[C@H]1CCCN(NCC2CCC(N(C)c3ncnc4[nH]ccc34)CC2)C1. The molecule has 1 saturated carbocycles. The zero-order valence-electron chi connectivity index (χ0n) is 16.1. The van der Waals surface area contributed by atoms with Crippen LogP contribution < -0.4 is 10.3 Å². The molecule has 0 aromatic carbocycles. The van der Waals surface area contributed by atoms with E-state index in [2.05, 4.69) is 50.3 Å². The molecule has 0 radical (unpaired) electrons. The van der Waals surface area contributed by atoms with Gasteiger partial charge in [0.15, 0.2) is 0 Å². The normalized spacial score (nSPS) is 27.7. The first-order valence-corrected chi connectivity index (χ1v) is 10.2. The number of rotatable bonds is 5. The van der Waals surface area contributed by atoms with Crippen molar-refractivity contribution in [3.05, 3.63) is 18.6 Å². The monoisotopic (exact) mass is 356 g/mol. The van der Waals surface area contributed by atoms with Gasteiger partial charge in [-0.3, -0.25) is 5.43 Å². The second-order valence-electron chi connectivity index (χ2n) is 8.28. The number of hydrazine groups is 1. The number of hydrogen-bond acceptors (Lipinski definition) is 5. The van der Waals surface area contributed by atoms with Gasteiger partial charge in [-0.05, 0) is 56.4 Å². The highest BCUT2D eigenvalue weighted by Crippen LogP contribution is 2.31. The molecule has 1 aliphatic carbocycles. The van der Waals surface area contributed by atoms with Crippen LogP contribution in [0.1, 0.15) is 45.4 Å². The minimum atomic E-state index is 0.578. The van der Waals surface area contributed by atoms with Crippen LogP contribution in [0.25, 0.3) is 11.0 Å². The first kappa shape index (κ1) is 17.7. The van der Waals surface area contributed by atoms with Crippen LogP contribution in [0.4, 0.5) is 5.82 Å². The smallest absolute Gasteiger partial charge is 0.142 e. The molecule has 1 aliphatic heterocycles. The Balaban J connectivity index is 1.28. The van der Waals surface area contributed by atoms with E-state index in [9.17, 15) is 0 Å². The number of nitrogens with one attached hydrogen (secondary N) is 2. The first-order chi connectivity index (χ1) is 12.7. The molecule has 0 unspecified atom stereocenters. The van der Waals surface area contributed by atoms with E-state index in [1.54, 1.807) is 6.33 Å². The zero-order chi connectivity index (χ0) is 17.9. The third-order valence-corrected chi connectivity index (χ3v) is 6.29. The summed E-state index contributed by atoms with van der Waals surface area (Å²) in [6.45, 7) is 5.92. The predicted molar refractivity (Wildman–Crippen MR) is 106 cm³/mol. The van der Waals surface area contributed by atoms with Crippen LogP contribution >= 0.6 is 0 Å². The molecule has 6 heteroatoms. The van der Waals surface area contributed by atoms with E-state index in [0.717, 1.165) is 35.2 Å². The molecule has 4 rings (SSSR count). The van der Waals surface area contributed by atoms with Crippen molar-refractivity contribution >= 4 is 16.9 Å². The average molecular weight is 357 g/mol. The van der Waals surface area contributed by atoms with Crippen molar-refractivity contribution in [2.45, 2.75) is 51.5 Å². The van der Waals surface area contributed by atoms with Gasteiger partial charge in [-0.15, -0.1) is 0 Å². The van der Waals surface area contributed by atoms with Crippen LogP contribution in [0, 0.1) is 11.8 Å². The molecular formula is C20H32N6. The van der Waals surface area contributed by atoms with Gasteiger partial charge in [0.05, 0.1) is 5.39 Å². The third kappa shape index (κ3) is 3.86. The standard InChI is InChI=1S/C20H32N6/c1-15-4-3-11-26(13-15)24-12-16-5-7-17(8-6-16)25(2)20-18-9-10-21-19(18)22-14-23-20/h9-10,14-17,24H,3-8,11-13H2,1-2H3,(H,21,22,23)/t15-,16?,17?/m0/s1. The van der Waals surface area contributed by atoms with E-state index < -0.39 is 0 Å². The molecule has 2 aromatic heterocycles. The number of piperidine rings is 1. The Bertz CT molecular complexity index is 705. The van der Waals surface area contributed by atoms with E-state index in [1.807, 2.05) is 6.20 Å². The lowest BCUT2D eigenvalue weighted by Gasteiger charge is -2.37. The first-order valence-electron chi connectivity index (χ1n) is 10.2. The van der Waals surface area contributed by atoms with Crippen molar-refractivity contribution in [2.75, 3.05) is 31.6 Å². The lowest BCUT2D eigenvalue weighted by atomic mass is 9.85. The van der Waals surface area contributed by atoms with E-state index in [-0.39, 0.29) is 0 Å². The molecule has 1 saturated heterocycles. The fraction of sp³-hybridized carbons (Fsp3) is 0.700. The fourth-order valence-electron chi connectivity index (χ4n) is 4.64. The number of hydrogen-bond donors (Lipinski definition) is 2. The van der Waals surface area contributed by atoms with Crippen molar-refractivity contribution in [3.63, 3.8) is 0 Å². The molecule has 2 aliphatic rings. The lowest BCUT2D eigenvalue weighted by Crippen LogP contribution is -2.47. The van der Waals surface area contributed by atoms with E-state index >= 15 is 0 Å². The van der Waals surface area contributed by atoms with Gasteiger partial charge in [0.25, 0.3) is 0 Å². The number of H-pyrrole nitrogens is 1. The Kier molecular flexibility index (Phi) is 5.41. The van der Waals surface area contributed by atoms with Gasteiger partial charge >= 0.3 is 0 Å². The molecule has 26 heavy (non-hydrogen) atoms. The average Bonchev–Trinajstić information content (AvgIpc) is 3.15. The maximum absolute atomic E-state index is 4.55. The molecule has 0 amide bonds. The fourth-order valence-corrected chi connectivity index (χ4v) is 4.64. The molecule has 1 atom stereocenters. The number of aromatic nitrogens is 3.